The lowest BCUT2D eigenvalue weighted by atomic mass is 9.92. The first-order valence-electron chi connectivity index (χ1n) is 10.4. The van der Waals surface area contributed by atoms with Crippen molar-refractivity contribution in [1.29, 1.82) is 0 Å². The molecule has 1 aliphatic heterocycles. The van der Waals surface area contributed by atoms with E-state index in [-0.39, 0.29) is 17.6 Å². The van der Waals surface area contributed by atoms with Crippen molar-refractivity contribution in [2.24, 2.45) is 0 Å². The molecule has 1 aromatic carbocycles. The highest BCUT2D eigenvalue weighted by Gasteiger charge is 2.22. The molecule has 4 aromatic rings. The van der Waals surface area contributed by atoms with Gasteiger partial charge in [-0.1, -0.05) is 13.8 Å². The first kappa shape index (κ1) is 18.9. The van der Waals surface area contributed by atoms with Crippen LogP contribution in [0.15, 0.2) is 35.5 Å². The fourth-order valence-corrected chi connectivity index (χ4v) is 4.53. The first-order valence-corrected chi connectivity index (χ1v) is 10.4. The zero-order valence-electron chi connectivity index (χ0n) is 17.5. The van der Waals surface area contributed by atoms with Gasteiger partial charge in [-0.25, -0.2) is 14.3 Å². The Hall–Kier alpha value is -3.13. The van der Waals surface area contributed by atoms with Gasteiger partial charge in [0.15, 0.2) is 11.4 Å². The molecular weight excluding hydrogens is 380 g/mol. The zero-order valence-corrected chi connectivity index (χ0v) is 17.5. The maximum Gasteiger partial charge on any atom is 0.326 e. The Morgan fingerprint density at radius 1 is 1.27 bits per heavy atom. The molecule has 2 N–H and O–H groups in total. The Kier molecular flexibility index (Phi) is 4.58. The van der Waals surface area contributed by atoms with Gasteiger partial charge in [0, 0.05) is 18.3 Å². The van der Waals surface area contributed by atoms with Crippen molar-refractivity contribution in [2.45, 2.75) is 38.6 Å². The maximum absolute atomic E-state index is 12.8. The number of aromatic nitrogens is 5. The Labute approximate surface area is 173 Å². The second-order valence-corrected chi connectivity index (χ2v) is 8.24. The Morgan fingerprint density at radius 2 is 2.13 bits per heavy atom. The molecule has 4 heterocycles. The van der Waals surface area contributed by atoms with Crippen LogP contribution in [0.2, 0.25) is 0 Å². The third-order valence-corrected chi connectivity index (χ3v) is 6.02. The average Bonchev–Trinajstić information content (AvgIpc) is 3.35. The number of hydrogen-bond acceptors (Lipinski definition) is 5. The van der Waals surface area contributed by atoms with E-state index >= 15 is 0 Å². The molecule has 1 aliphatic rings. The molecule has 0 bridgehead atoms. The minimum Gasteiger partial charge on any atom is -0.493 e. The van der Waals surface area contributed by atoms with Crippen molar-refractivity contribution in [3.63, 3.8) is 0 Å². The summed E-state index contributed by atoms with van der Waals surface area (Å²) < 4.78 is 9.20. The smallest absolute Gasteiger partial charge is 0.326 e. The van der Waals surface area contributed by atoms with Crippen molar-refractivity contribution in [3.8, 4) is 16.9 Å². The fourth-order valence-electron chi connectivity index (χ4n) is 4.53. The van der Waals surface area contributed by atoms with Crippen molar-refractivity contribution >= 4 is 16.7 Å². The molecule has 8 nitrogen and oxygen atoms in total. The van der Waals surface area contributed by atoms with E-state index in [1.165, 1.54) is 11.9 Å². The van der Waals surface area contributed by atoms with E-state index in [4.69, 9.17) is 4.74 Å². The maximum atomic E-state index is 12.8. The number of pyridine rings is 1. The van der Waals surface area contributed by atoms with Crippen molar-refractivity contribution in [2.75, 3.05) is 20.2 Å². The SMILES string of the molecule is COc1cc(-c2cc3[nH]c(=O)n([C@H]4CCCNC4)c3cc2C(C)C)cn2ncnc12. The van der Waals surface area contributed by atoms with Gasteiger partial charge in [-0.3, -0.25) is 4.57 Å². The summed E-state index contributed by atoms with van der Waals surface area (Å²) in [7, 11) is 1.64. The summed E-state index contributed by atoms with van der Waals surface area (Å²) in [5.41, 5.74) is 5.66. The molecule has 0 unspecified atom stereocenters. The number of imidazole rings is 1. The average molecular weight is 406 g/mol. The van der Waals surface area contributed by atoms with Crippen LogP contribution in [0.3, 0.4) is 0 Å². The van der Waals surface area contributed by atoms with E-state index in [0.717, 1.165) is 48.1 Å². The molecule has 1 saturated heterocycles. The molecule has 1 fully saturated rings. The summed E-state index contributed by atoms with van der Waals surface area (Å²) in [6.07, 6.45) is 5.57. The van der Waals surface area contributed by atoms with Crippen LogP contribution in [0.1, 0.15) is 44.2 Å². The number of H-pyrrole nitrogens is 1. The summed E-state index contributed by atoms with van der Waals surface area (Å²) in [5.74, 6) is 0.948. The number of fused-ring (bicyclic) bond motifs is 2. The van der Waals surface area contributed by atoms with E-state index in [0.29, 0.717) is 11.4 Å². The quantitative estimate of drug-likeness (QED) is 0.544. The standard InChI is InChI=1S/C22H26N6O2/c1-13(2)16-9-19-18(26-22(29)28(19)15-5-4-6-23-10-15)8-17(16)14-7-20(30-3)21-24-12-25-27(21)11-14/h7-9,11-13,15,23H,4-6,10H2,1-3H3,(H,26,29)/t15-/m0/s1. The Bertz CT molecular complexity index is 1280. The van der Waals surface area contributed by atoms with Gasteiger partial charge in [0.05, 0.1) is 24.2 Å². The van der Waals surface area contributed by atoms with Crippen LogP contribution in [0.25, 0.3) is 27.8 Å². The molecule has 5 rings (SSSR count). The lowest BCUT2D eigenvalue weighted by molar-refractivity contribution is 0.372. The Balaban J connectivity index is 1.73. The Morgan fingerprint density at radius 3 is 2.87 bits per heavy atom. The van der Waals surface area contributed by atoms with Crippen molar-refractivity contribution < 1.29 is 4.74 Å². The number of ether oxygens (including phenoxy) is 1. The summed E-state index contributed by atoms with van der Waals surface area (Å²) in [4.78, 5) is 20.2. The molecule has 3 aromatic heterocycles. The van der Waals surface area contributed by atoms with Crippen LogP contribution in [0.5, 0.6) is 5.75 Å². The van der Waals surface area contributed by atoms with E-state index in [1.54, 1.807) is 11.6 Å². The molecule has 0 radical (unpaired) electrons. The van der Waals surface area contributed by atoms with E-state index < -0.39 is 0 Å². The van der Waals surface area contributed by atoms with Gasteiger partial charge in [0.25, 0.3) is 0 Å². The van der Waals surface area contributed by atoms with E-state index in [2.05, 4.69) is 46.4 Å². The molecule has 1 atom stereocenters. The number of piperidine rings is 1. The number of rotatable bonds is 4. The number of nitrogens with zero attached hydrogens (tertiary/aromatic N) is 4. The second-order valence-electron chi connectivity index (χ2n) is 8.24. The minimum absolute atomic E-state index is 0.0464. The molecular formula is C22H26N6O2. The number of aromatic amines is 1. The van der Waals surface area contributed by atoms with Crippen molar-refractivity contribution in [1.82, 2.24) is 29.5 Å². The number of nitrogens with one attached hydrogen (secondary N) is 2. The van der Waals surface area contributed by atoms with Gasteiger partial charge in [-0.15, -0.1) is 0 Å². The van der Waals surface area contributed by atoms with Crippen LogP contribution in [0, 0.1) is 0 Å². The lowest BCUT2D eigenvalue weighted by Gasteiger charge is -2.24. The molecule has 30 heavy (non-hydrogen) atoms. The van der Waals surface area contributed by atoms with E-state index in [9.17, 15) is 4.79 Å². The molecule has 0 aliphatic carbocycles. The molecule has 0 amide bonds. The largest absolute Gasteiger partial charge is 0.493 e. The topological polar surface area (TPSA) is 89.2 Å². The highest BCUT2D eigenvalue weighted by atomic mass is 16.5. The fraction of sp³-hybridized carbons (Fsp3) is 0.409. The minimum atomic E-state index is -0.0464. The van der Waals surface area contributed by atoms with Crippen LogP contribution >= 0.6 is 0 Å². The summed E-state index contributed by atoms with van der Waals surface area (Å²) in [5, 5.41) is 7.70. The molecule has 0 saturated carbocycles. The van der Waals surface area contributed by atoms with Crippen LogP contribution in [0.4, 0.5) is 0 Å². The monoisotopic (exact) mass is 406 g/mol. The number of hydrogen-bond donors (Lipinski definition) is 2. The first-order chi connectivity index (χ1) is 14.6. The normalized spacial score (nSPS) is 17.3. The summed E-state index contributed by atoms with van der Waals surface area (Å²) in [6.45, 7) is 6.19. The summed E-state index contributed by atoms with van der Waals surface area (Å²) >= 11 is 0. The zero-order chi connectivity index (χ0) is 20.8. The number of benzene rings is 1. The van der Waals surface area contributed by atoms with Gasteiger partial charge in [-0.05, 0) is 54.6 Å². The second kappa shape index (κ2) is 7.28. The van der Waals surface area contributed by atoms with Crippen LogP contribution < -0.4 is 15.7 Å². The van der Waals surface area contributed by atoms with Crippen LogP contribution in [-0.4, -0.2) is 44.3 Å². The van der Waals surface area contributed by atoms with E-state index in [1.807, 2.05) is 16.8 Å². The van der Waals surface area contributed by atoms with Crippen molar-refractivity contribution in [3.05, 3.63) is 46.8 Å². The molecule has 8 heteroatoms. The highest BCUT2D eigenvalue weighted by molar-refractivity contribution is 5.85. The molecule has 0 spiro atoms. The predicted octanol–water partition coefficient (Wildman–Crippen LogP) is 3.10. The number of methoxy groups -OCH3 is 1. The third-order valence-electron chi connectivity index (χ3n) is 6.02. The lowest BCUT2D eigenvalue weighted by Crippen LogP contribution is -2.35. The third kappa shape index (κ3) is 2.99. The highest BCUT2D eigenvalue weighted by Crippen LogP contribution is 2.35. The predicted molar refractivity (Wildman–Crippen MR) is 116 cm³/mol. The van der Waals surface area contributed by atoms with Crippen LogP contribution in [-0.2, 0) is 0 Å². The van der Waals surface area contributed by atoms with Gasteiger partial charge in [0.1, 0.15) is 6.33 Å². The van der Waals surface area contributed by atoms with Gasteiger partial charge < -0.3 is 15.0 Å². The van der Waals surface area contributed by atoms with Gasteiger partial charge in [-0.2, -0.15) is 5.10 Å². The van der Waals surface area contributed by atoms with Gasteiger partial charge >= 0.3 is 5.69 Å². The van der Waals surface area contributed by atoms with Gasteiger partial charge in [0.2, 0.25) is 0 Å². The molecule has 156 valence electrons. The summed E-state index contributed by atoms with van der Waals surface area (Å²) in [6, 6.07) is 6.41.